The minimum absolute atomic E-state index is 0.0649. The van der Waals surface area contributed by atoms with E-state index in [0.29, 0.717) is 19.3 Å². The number of carbonyl (C=O) groups excluding carboxylic acids is 3. The molecule has 6 nitrogen and oxygen atoms in total. The van der Waals surface area contributed by atoms with Crippen LogP contribution in [0.15, 0.2) is 0 Å². The van der Waals surface area contributed by atoms with Crippen LogP contribution in [0.5, 0.6) is 0 Å². The quantitative estimate of drug-likeness (QED) is 0.0353. The third kappa shape index (κ3) is 38.1. The van der Waals surface area contributed by atoms with E-state index in [9.17, 15) is 14.4 Å². The molecule has 0 aromatic heterocycles. The van der Waals surface area contributed by atoms with Gasteiger partial charge in [0.25, 0.3) is 0 Å². The van der Waals surface area contributed by atoms with Crippen molar-refractivity contribution in [3.05, 3.63) is 0 Å². The third-order valence-electron chi connectivity index (χ3n) is 10.7. The Hall–Kier alpha value is -1.59. The van der Waals surface area contributed by atoms with Crippen LogP contribution in [0.3, 0.4) is 0 Å². The van der Waals surface area contributed by atoms with E-state index >= 15 is 0 Å². The Balaban J connectivity index is 4.19. The molecule has 308 valence electrons. The van der Waals surface area contributed by atoms with Crippen LogP contribution < -0.4 is 0 Å². The van der Waals surface area contributed by atoms with Gasteiger partial charge in [0.2, 0.25) is 0 Å². The maximum atomic E-state index is 12.7. The number of rotatable bonds is 41. The predicted octanol–water partition coefficient (Wildman–Crippen LogP) is 14.3. The molecule has 0 radical (unpaired) electrons. The van der Waals surface area contributed by atoms with Crippen molar-refractivity contribution in [3.63, 3.8) is 0 Å². The van der Waals surface area contributed by atoms with Gasteiger partial charge in [-0.3, -0.25) is 14.4 Å². The van der Waals surface area contributed by atoms with Gasteiger partial charge in [0.1, 0.15) is 13.2 Å². The average molecular weight is 737 g/mol. The van der Waals surface area contributed by atoms with Gasteiger partial charge < -0.3 is 14.2 Å². The Morgan fingerprint density at radius 2 is 0.673 bits per heavy atom. The fourth-order valence-corrected chi connectivity index (χ4v) is 6.77. The van der Waals surface area contributed by atoms with Gasteiger partial charge in [-0.2, -0.15) is 0 Å². The number of carbonyl (C=O) groups is 3. The molecule has 0 saturated heterocycles. The Labute approximate surface area is 323 Å². The number of ether oxygens (including phenoxy) is 3. The first-order valence-corrected chi connectivity index (χ1v) is 22.9. The summed E-state index contributed by atoms with van der Waals surface area (Å²) >= 11 is 0. The van der Waals surface area contributed by atoms with Crippen molar-refractivity contribution in [3.8, 4) is 0 Å². The van der Waals surface area contributed by atoms with Crippen LogP contribution in [0.4, 0.5) is 0 Å². The third-order valence-corrected chi connectivity index (χ3v) is 10.7. The van der Waals surface area contributed by atoms with E-state index < -0.39 is 6.10 Å². The molecular weight excluding hydrogens is 648 g/mol. The molecule has 0 saturated carbocycles. The second-order valence-corrected chi connectivity index (χ2v) is 15.9. The SMILES string of the molecule is CCCCCCCCCCCCCCCCCC(=O)O[C@H](COC(=O)CCCCCCC)COC(=O)CCCCCCCCCCCCC(C)CC. The lowest BCUT2D eigenvalue weighted by atomic mass is 9.99. The van der Waals surface area contributed by atoms with Crippen molar-refractivity contribution in [2.75, 3.05) is 13.2 Å². The van der Waals surface area contributed by atoms with Gasteiger partial charge in [-0.25, -0.2) is 0 Å². The molecule has 0 bridgehead atoms. The molecule has 0 aliphatic heterocycles. The second kappa shape index (κ2) is 40.6. The highest BCUT2D eigenvalue weighted by Crippen LogP contribution is 2.17. The summed E-state index contributed by atoms with van der Waals surface area (Å²) in [6, 6.07) is 0. The zero-order chi connectivity index (χ0) is 38.2. The minimum Gasteiger partial charge on any atom is -0.462 e. The highest BCUT2D eigenvalue weighted by Gasteiger charge is 2.19. The summed E-state index contributed by atoms with van der Waals surface area (Å²) in [7, 11) is 0. The van der Waals surface area contributed by atoms with E-state index in [1.54, 1.807) is 0 Å². The maximum absolute atomic E-state index is 12.7. The Bertz CT molecular complexity index is 783. The maximum Gasteiger partial charge on any atom is 0.306 e. The van der Waals surface area contributed by atoms with Gasteiger partial charge in [0.05, 0.1) is 0 Å². The highest BCUT2D eigenvalue weighted by atomic mass is 16.6. The molecule has 2 atom stereocenters. The molecule has 0 fully saturated rings. The van der Waals surface area contributed by atoms with Gasteiger partial charge in [0.15, 0.2) is 6.10 Å². The summed E-state index contributed by atoms with van der Waals surface area (Å²) < 4.78 is 16.6. The van der Waals surface area contributed by atoms with Gasteiger partial charge >= 0.3 is 17.9 Å². The molecule has 0 aromatic rings. The Kier molecular flexibility index (Phi) is 39.4. The van der Waals surface area contributed by atoms with Crippen LogP contribution in [0.1, 0.15) is 252 Å². The van der Waals surface area contributed by atoms with Crippen molar-refractivity contribution in [2.24, 2.45) is 5.92 Å². The summed E-state index contributed by atoms with van der Waals surface area (Å²) in [5.74, 6) is 0.00233. The molecule has 0 rings (SSSR count). The highest BCUT2D eigenvalue weighted by molar-refractivity contribution is 5.71. The van der Waals surface area contributed by atoms with Gasteiger partial charge in [-0.15, -0.1) is 0 Å². The molecule has 52 heavy (non-hydrogen) atoms. The monoisotopic (exact) mass is 737 g/mol. The largest absolute Gasteiger partial charge is 0.462 e. The standard InChI is InChI=1S/C46H88O6/c1-5-8-10-12-13-14-15-16-17-18-19-24-27-31-35-39-46(49)52-43(40-50-44(47)37-33-28-11-9-6-2)41-51-45(48)38-34-30-26-23-21-20-22-25-29-32-36-42(4)7-3/h42-43H,5-41H2,1-4H3/t42?,43-/m1/s1. The first-order chi connectivity index (χ1) is 25.4. The lowest BCUT2D eigenvalue weighted by molar-refractivity contribution is -0.167. The lowest BCUT2D eigenvalue weighted by Crippen LogP contribution is -2.30. The van der Waals surface area contributed by atoms with Crippen LogP contribution in [0.25, 0.3) is 0 Å². The van der Waals surface area contributed by atoms with Crippen LogP contribution in [0.2, 0.25) is 0 Å². The van der Waals surface area contributed by atoms with Crippen LogP contribution in [-0.2, 0) is 28.6 Å². The first kappa shape index (κ1) is 50.4. The van der Waals surface area contributed by atoms with Gasteiger partial charge in [-0.1, -0.05) is 214 Å². The van der Waals surface area contributed by atoms with Crippen molar-refractivity contribution in [1.82, 2.24) is 0 Å². The van der Waals surface area contributed by atoms with E-state index in [1.807, 2.05) is 0 Å². The molecule has 0 N–H and O–H groups in total. The molecule has 0 spiro atoms. The zero-order valence-corrected chi connectivity index (χ0v) is 35.3. The number of esters is 3. The zero-order valence-electron chi connectivity index (χ0n) is 35.3. The van der Waals surface area contributed by atoms with Crippen LogP contribution in [0, 0.1) is 5.92 Å². The Morgan fingerprint density at radius 1 is 0.385 bits per heavy atom. The van der Waals surface area contributed by atoms with Crippen molar-refractivity contribution >= 4 is 17.9 Å². The Morgan fingerprint density at radius 3 is 1.00 bits per heavy atom. The van der Waals surface area contributed by atoms with Crippen LogP contribution >= 0.6 is 0 Å². The second-order valence-electron chi connectivity index (χ2n) is 15.9. The molecule has 0 aliphatic carbocycles. The average Bonchev–Trinajstić information content (AvgIpc) is 3.14. The summed E-state index contributed by atoms with van der Waals surface area (Å²) in [5.41, 5.74) is 0. The summed E-state index contributed by atoms with van der Waals surface area (Å²) in [6.07, 6.45) is 39.6. The van der Waals surface area contributed by atoms with Crippen molar-refractivity contribution in [1.29, 1.82) is 0 Å². The van der Waals surface area contributed by atoms with Crippen molar-refractivity contribution in [2.45, 2.75) is 259 Å². The van der Waals surface area contributed by atoms with E-state index in [0.717, 1.165) is 70.1 Å². The molecule has 0 heterocycles. The first-order valence-electron chi connectivity index (χ1n) is 22.9. The van der Waals surface area contributed by atoms with Crippen LogP contribution in [-0.4, -0.2) is 37.2 Å². The minimum atomic E-state index is -0.758. The smallest absolute Gasteiger partial charge is 0.306 e. The summed E-state index contributed by atoms with van der Waals surface area (Å²) in [4.78, 5) is 37.5. The van der Waals surface area contributed by atoms with E-state index in [1.165, 1.54) is 141 Å². The molecule has 0 aliphatic rings. The fraction of sp³-hybridized carbons (Fsp3) is 0.935. The summed E-state index contributed by atoms with van der Waals surface area (Å²) in [5, 5.41) is 0. The molecule has 6 heteroatoms. The molecule has 0 amide bonds. The van der Waals surface area contributed by atoms with E-state index in [4.69, 9.17) is 14.2 Å². The fourth-order valence-electron chi connectivity index (χ4n) is 6.77. The number of unbranched alkanes of at least 4 members (excludes halogenated alkanes) is 27. The van der Waals surface area contributed by atoms with E-state index in [-0.39, 0.29) is 31.1 Å². The molecular formula is C46H88O6. The van der Waals surface area contributed by atoms with Gasteiger partial charge in [0, 0.05) is 19.3 Å². The topological polar surface area (TPSA) is 78.9 Å². The number of hydrogen-bond acceptors (Lipinski definition) is 6. The van der Waals surface area contributed by atoms with Gasteiger partial charge in [-0.05, 0) is 25.2 Å². The van der Waals surface area contributed by atoms with E-state index in [2.05, 4.69) is 27.7 Å². The normalized spacial score (nSPS) is 12.5. The summed E-state index contributed by atoms with van der Waals surface area (Å²) in [6.45, 7) is 8.94. The molecule has 0 aromatic carbocycles. The number of hydrogen-bond donors (Lipinski definition) is 0. The predicted molar refractivity (Wildman–Crippen MR) is 220 cm³/mol. The lowest BCUT2D eigenvalue weighted by Gasteiger charge is -2.18. The van der Waals surface area contributed by atoms with Crippen molar-refractivity contribution < 1.29 is 28.6 Å². The molecule has 1 unspecified atom stereocenters.